The number of carbonyl (C=O) groups is 1. The second-order valence-corrected chi connectivity index (χ2v) is 5.32. The molecule has 0 spiro atoms. The molecule has 20 heavy (non-hydrogen) atoms. The number of nitrogens with two attached hydrogens (primary N) is 1. The predicted octanol–water partition coefficient (Wildman–Crippen LogP) is 0.901. The van der Waals surface area contributed by atoms with Gasteiger partial charge in [-0.2, -0.15) is 0 Å². The van der Waals surface area contributed by atoms with E-state index < -0.39 is 0 Å². The van der Waals surface area contributed by atoms with Crippen LogP contribution in [-0.4, -0.2) is 41.5 Å². The Morgan fingerprint density at radius 3 is 3.15 bits per heavy atom. The molecule has 0 aliphatic carbocycles. The van der Waals surface area contributed by atoms with Crippen molar-refractivity contribution in [1.82, 2.24) is 15.2 Å². The molecule has 0 aromatic carbocycles. The molecule has 3 N–H and O–H groups in total. The smallest absolute Gasteiger partial charge is 0.221 e. The molecule has 1 saturated heterocycles. The molecule has 0 bridgehead atoms. The molecule has 2 heterocycles. The van der Waals surface area contributed by atoms with Crippen LogP contribution in [0.2, 0.25) is 0 Å². The first-order chi connectivity index (χ1) is 9.79. The van der Waals surface area contributed by atoms with Gasteiger partial charge in [0.05, 0.1) is 0 Å². The lowest BCUT2D eigenvalue weighted by molar-refractivity contribution is -0.121. The van der Waals surface area contributed by atoms with Crippen LogP contribution in [-0.2, 0) is 11.3 Å². The van der Waals surface area contributed by atoms with Crippen LogP contribution in [0.15, 0.2) is 24.5 Å². The summed E-state index contributed by atoms with van der Waals surface area (Å²) in [5, 5.41) is 2.99. The van der Waals surface area contributed by atoms with E-state index in [-0.39, 0.29) is 5.91 Å². The Balaban J connectivity index is 1.86. The van der Waals surface area contributed by atoms with Crippen LogP contribution in [0.1, 0.15) is 31.2 Å². The van der Waals surface area contributed by atoms with Crippen LogP contribution < -0.4 is 11.1 Å². The molecule has 110 valence electrons. The van der Waals surface area contributed by atoms with Crippen LogP contribution >= 0.6 is 0 Å². The molecule has 2 rings (SSSR count). The average molecular weight is 276 g/mol. The largest absolute Gasteiger partial charge is 0.354 e. The maximum atomic E-state index is 11.5. The number of likely N-dealkylation sites (tertiary alicyclic amines) is 1. The first-order valence-corrected chi connectivity index (χ1v) is 7.39. The Morgan fingerprint density at radius 1 is 1.50 bits per heavy atom. The van der Waals surface area contributed by atoms with Crippen molar-refractivity contribution in [2.75, 3.05) is 19.6 Å². The highest BCUT2D eigenvalue weighted by Gasteiger charge is 2.22. The number of carbonyl (C=O) groups excluding carboxylic acids is 1. The number of rotatable bonds is 6. The monoisotopic (exact) mass is 276 g/mol. The number of piperidine rings is 1. The molecule has 1 unspecified atom stereocenters. The van der Waals surface area contributed by atoms with E-state index in [9.17, 15) is 4.79 Å². The highest BCUT2D eigenvalue weighted by molar-refractivity contribution is 5.76. The number of nitrogens with zero attached hydrogens (tertiary/aromatic N) is 2. The third-order valence-corrected chi connectivity index (χ3v) is 3.76. The van der Waals surface area contributed by atoms with E-state index in [0.29, 0.717) is 19.0 Å². The summed E-state index contributed by atoms with van der Waals surface area (Å²) in [7, 11) is 0. The van der Waals surface area contributed by atoms with Crippen molar-refractivity contribution >= 4 is 5.91 Å². The minimum absolute atomic E-state index is 0.0550. The molecule has 1 aromatic heterocycles. The molecule has 1 aromatic rings. The predicted molar refractivity (Wildman–Crippen MR) is 79.0 cm³/mol. The molecule has 1 amide bonds. The fraction of sp³-hybridized carbons (Fsp3) is 0.600. The van der Waals surface area contributed by atoms with Crippen molar-refractivity contribution in [3.05, 3.63) is 30.1 Å². The Hall–Kier alpha value is -1.46. The number of amides is 1. The minimum Gasteiger partial charge on any atom is -0.354 e. The van der Waals surface area contributed by atoms with Gasteiger partial charge in [0, 0.05) is 44.5 Å². The Bertz CT molecular complexity index is 410. The zero-order valence-corrected chi connectivity index (χ0v) is 11.9. The Labute approximate surface area is 120 Å². The number of nitrogens with one attached hydrogen (secondary N) is 1. The third-order valence-electron chi connectivity index (χ3n) is 3.76. The van der Waals surface area contributed by atoms with Crippen LogP contribution in [0.25, 0.3) is 0 Å². The first kappa shape index (κ1) is 14.9. The highest BCUT2D eigenvalue weighted by atomic mass is 16.1. The summed E-state index contributed by atoms with van der Waals surface area (Å²) in [6.07, 6.45) is 7.73. The fourth-order valence-corrected chi connectivity index (χ4v) is 2.68. The third kappa shape index (κ3) is 4.58. The quantitative estimate of drug-likeness (QED) is 0.810. The van der Waals surface area contributed by atoms with Gasteiger partial charge in [0.25, 0.3) is 0 Å². The summed E-state index contributed by atoms with van der Waals surface area (Å²) in [5.41, 5.74) is 6.62. The summed E-state index contributed by atoms with van der Waals surface area (Å²) < 4.78 is 0. The standard InChI is InChI=1S/C15H24N4O/c16-7-6-15(20)18-11-14-5-1-2-9-19(14)12-13-4-3-8-17-10-13/h3-4,8,10,14H,1-2,5-7,9,11-12,16H2,(H,18,20). The van der Waals surface area contributed by atoms with Gasteiger partial charge in [-0.1, -0.05) is 12.5 Å². The summed E-state index contributed by atoms with van der Waals surface area (Å²) in [6, 6.07) is 4.49. The van der Waals surface area contributed by atoms with Gasteiger partial charge < -0.3 is 11.1 Å². The second kappa shape index (κ2) is 7.97. The minimum atomic E-state index is 0.0550. The van der Waals surface area contributed by atoms with Crippen molar-refractivity contribution in [2.24, 2.45) is 5.73 Å². The van der Waals surface area contributed by atoms with Crippen molar-refractivity contribution in [2.45, 2.75) is 38.3 Å². The van der Waals surface area contributed by atoms with Crippen LogP contribution in [0, 0.1) is 0 Å². The topological polar surface area (TPSA) is 71.2 Å². The SMILES string of the molecule is NCCC(=O)NCC1CCCCN1Cc1cccnc1. The van der Waals surface area contributed by atoms with Crippen molar-refractivity contribution in [3.8, 4) is 0 Å². The van der Waals surface area contributed by atoms with Gasteiger partial charge in [-0.05, 0) is 31.0 Å². The van der Waals surface area contributed by atoms with Gasteiger partial charge in [0.1, 0.15) is 0 Å². The normalized spacial score (nSPS) is 19.8. The summed E-state index contributed by atoms with van der Waals surface area (Å²) >= 11 is 0. The van der Waals surface area contributed by atoms with Gasteiger partial charge in [-0.15, -0.1) is 0 Å². The van der Waals surface area contributed by atoms with Gasteiger partial charge in [0.15, 0.2) is 0 Å². The first-order valence-electron chi connectivity index (χ1n) is 7.39. The zero-order valence-electron chi connectivity index (χ0n) is 11.9. The van der Waals surface area contributed by atoms with E-state index in [2.05, 4.69) is 21.3 Å². The van der Waals surface area contributed by atoms with Gasteiger partial charge in [-0.25, -0.2) is 0 Å². The second-order valence-electron chi connectivity index (χ2n) is 5.32. The lowest BCUT2D eigenvalue weighted by Crippen LogP contribution is -2.46. The van der Waals surface area contributed by atoms with Crippen molar-refractivity contribution < 1.29 is 4.79 Å². The summed E-state index contributed by atoms with van der Waals surface area (Å²) in [4.78, 5) is 18.1. The number of aromatic nitrogens is 1. The van der Waals surface area contributed by atoms with Gasteiger partial charge in [-0.3, -0.25) is 14.7 Å². The van der Waals surface area contributed by atoms with E-state index in [1.54, 1.807) is 6.20 Å². The molecule has 0 saturated carbocycles. The molecule has 1 fully saturated rings. The zero-order chi connectivity index (χ0) is 14.2. The Morgan fingerprint density at radius 2 is 2.40 bits per heavy atom. The molecular weight excluding hydrogens is 252 g/mol. The van der Waals surface area contributed by atoms with E-state index >= 15 is 0 Å². The summed E-state index contributed by atoms with van der Waals surface area (Å²) in [5.74, 6) is 0.0550. The van der Waals surface area contributed by atoms with Crippen LogP contribution in [0.4, 0.5) is 0 Å². The number of pyridine rings is 1. The fourth-order valence-electron chi connectivity index (χ4n) is 2.68. The molecule has 0 radical (unpaired) electrons. The molecule has 1 aliphatic heterocycles. The van der Waals surface area contributed by atoms with Gasteiger partial charge in [0.2, 0.25) is 5.91 Å². The van der Waals surface area contributed by atoms with E-state index in [1.807, 2.05) is 12.3 Å². The highest BCUT2D eigenvalue weighted by Crippen LogP contribution is 2.18. The molecular formula is C15H24N4O. The lowest BCUT2D eigenvalue weighted by Gasteiger charge is -2.35. The molecule has 5 nitrogen and oxygen atoms in total. The van der Waals surface area contributed by atoms with Crippen LogP contribution in [0.5, 0.6) is 0 Å². The number of hydrogen-bond donors (Lipinski definition) is 2. The van der Waals surface area contributed by atoms with Crippen LogP contribution in [0.3, 0.4) is 0 Å². The maximum absolute atomic E-state index is 11.5. The van der Waals surface area contributed by atoms with E-state index in [4.69, 9.17) is 5.73 Å². The Kier molecular flexibility index (Phi) is 5.95. The average Bonchev–Trinajstić information content (AvgIpc) is 2.48. The number of hydrogen-bond acceptors (Lipinski definition) is 4. The van der Waals surface area contributed by atoms with Gasteiger partial charge >= 0.3 is 0 Å². The molecule has 1 aliphatic rings. The summed E-state index contributed by atoms with van der Waals surface area (Å²) in [6.45, 7) is 3.13. The van der Waals surface area contributed by atoms with Crippen molar-refractivity contribution in [1.29, 1.82) is 0 Å². The maximum Gasteiger partial charge on any atom is 0.221 e. The van der Waals surface area contributed by atoms with E-state index in [1.165, 1.54) is 18.4 Å². The van der Waals surface area contributed by atoms with Crippen molar-refractivity contribution in [3.63, 3.8) is 0 Å². The molecule has 1 atom stereocenters. The van der Waals surface area contributed by atoms with E-state index in [0.717, 1.165) is 26.1 Å². The molecule has 5 heteroatoms. The lowest BCUT2D eigenvalue weighted by atomic mass is 10.0.